The van der Waals surface area contributed by atoms with Gasteiger partial charge in [0.25, 0.3) is 0 Å². The van der Waals surface area contributed by atoms with Crippen LogP contribution in [0.3, 0.4) is 0 Å². The van der Waals surface area contributed by atoms with Crippen LogP contribution in [0.4, 0.5) is 0 Å². The van der Waals surface area contributed by atoms with Gasteiger partial charge in [0.1, 0.15) is 5.78 Å². The van der Waals surface area contributed by atoms with Crippen LogP contribution in [0.1, 0.15) is 31.7 Å². The highest BCUT2D eigenvalue weighted by atomic mass is 16.1. The highest BCUT2D eigenvalue weighted by molar-refractivity contribution is 5.79. The zero-order valence-electron chi connectivity index (χ0n) is 11.7. The molecule has 0 unspecified atom stereocenters. The maximum Gasteiger partial charge on any atom is 0.133 e. The second-order valence-corrected chi connectivity index (χ2v) is 6.36. The van der Waals surface area contributed by atoms with Crippen molar-refractivity contribution in [1.29, 1.82) is 0 Å². The maximum atomic E-state index is 11.7. The van der Waals surface area contributed by atoms with Gasteiger partial charge in [0, 0.05) is 25.9 Å². The van der Waals surface area contributed by atoms with E-state index in [-0.39, 0.29) is 0 Å². The quantitative estimate of drug-likeness (QED) is 0.811. The minimum Gasteiger partial charge on any atom is -0.300 e. The second kappa shape index (κ2) is 5.46. The van der Waals surface area contributed by atoms with Crippen LogP contribution < -0.4 is 0 Å². The number of rotatable bonds is 2. The minimum absolute atomic E-state index is 0.491. The van der Waals surface area contributed by atoms with E-state index >= 15 is 0 Å². The van der Waals surface area contributed by atoms with E-state index in [4.69, 9.17) is 0 Å². The zero-order chi connectivity index (χ0) is 13.2. The normalized spacial score (nSPS) is 32.1. The topological polar surface area (TPSA) is 20.3 Å². The monoisotopic (exact) mass is 257 g/mol. The summed E-state index contributed by atoms with van der Waals surface area (Å²) < 4.78 is 0. The molecule has 0 amide bonds. The highest BCUT2D eigenvalue weighted by Crippen LogP contribution is 2.38. The fraction of sp³-hybridized carbons (Fsp3) is 0.588. The summed E-state index contributed by atoms with van der Waals surface area (Å²) in [7, 11) is 0. The van der Waals surface area contributed by atoms with Crippen LogP contribution in [0.25, 0.3) is 0 Å². The van der Waals surface area contributed by atoms with Crippen LogP contribution in [-0.4, -0.2) is 23.8 Å². The zero-order valence-corrected chi connectivity index (χ0v) is 11.7. The highest BCUT2D eigenvalue weighted by Gasteiger charge is 2.38. The number of carbonyl (C=O) groups excluding carboxylic acids is 1. The Labute approximate surface area is 115 Å². The molecule has 3 atom stereocenters. The number of hydrogen-bond donors (Lipinski definition) is 0. The molecule has 1 saturated heterocycles. The summed E-state index contributed by atoms with van der Waals surface area (Å²) >= 11 is 0. The molecule has 0 spiro atoms. The van der Waals surface area contributed by atoms with E-state index in [0.29, 0.717) is 17.6 Å². The fourth-order valence-electron chi connectivity index (χ4n) is 3.87. The predicted octanol–water partition coefficient (Wildman–Crippen LogP) is 3.12. The molecule has 3 rings (SSSR count). The number of ketones is 1. The third-order valence-corrected chi connectivity index (χ3v) is 4.91. The van der Waals surface area contributed by atoms with Gasteiger partial charge in [-0.1, -0.05) is 37.3 Å². The number of carbonyl (C=O) groups is 1. The predicted molar refractivity (Wildman–Crippen MR) is 76.7 cm³/mol. The Morgan fingerprint density at radius 3 is 2.79 bits per heavy atom. The van der Waals surface area contributed by atoms with Crippen LogP contribution in [-0.2, 0) is 11.3 Å². The fourth-order valence-corrected chi connectivity index (χ4v) is 3.87. The third-order valence-electron chi connectivity index (χ3n) is 4.91. The summed E-state index contributed by atoms with van der Waals surface area (Å²) in [5, 5.41) is 0. The van der Waals surface area contributed by atoms with Gasteiger partial charge in [-0.3, -0.25) is 9.69 Å². The van der Waals surface area contributed by atoms with Crippen molar-refractivity contribution >= 4 is 5.78 Å². The Hall–Kier alpha value is -1.15. The molecule has 1 heterocycles. The molecule has 1 saturated carbocycles. The summed E-state index contributed by atoms with van der Waals surface area (Å²) in [6.07, 6.45) is 2.85. The van der Waals surface area contributed by atoms with Crippen LogP contribution in [0.5, 0.6) is 0 Å². The van der Waals surface area contributed by atoms with Gasteiger partial charge in [-0.05, 0) is 36.3 Å². The summed E-state index contributed by atoms with van der Waals surface area (Å²) in [6.45, 7) is 5.65. The third kappa shape index (κ3) is 2.89. The van der Waals surface area contributed by atoms with Crippen molar-refractivity contribution in [2.24, 2.45) is 17.8 Å². The van der Waals surface area contributed by atoms with Gasteiger partial charge in [-0.15, -0.1) is 0 Å². The average molecular weight is 257 g/mol. The van der Waals surface area contributed by atoms with Gasteiger partial charge in [0.2, 0.25) is 0 Å². The number of Topliss-reactive ketones (excluding diaryl/α,β-unsaturated/α-hetero) is 1. The molecule has 2 fully saturated rings. The molecular weight excluding hydrogens is 234 g/mol. The van der Waals surface area contributed by atoms with Crippen molar-refractivity contribution in [1.82, 2.24) is 4.90 Å². The van der Waals surface area contributed by atoms with Gasteiger partial charge in [-0.2, -0.15) is 0 Å². The minimum atomic E-state index is 0.491. The first-order chi connectivity index (χ1) is 9.22. The molecule has 2 nitrogen and oxygen atoms in total. The SMILES string of the molecule is C[C@@H]1CC(=O)C[C@@H]2CCN(Cc3ccccc3)C[C@H]21. The molecule has 1 aliphatic carbocycles. The van der Waals surface area contributed by atoms with E-state index in [2.05, 4.69) is 42.2 Å². The van der Waals surface area contributed by atoms with Crippen LogP contribution >= 0.6 is 0 Å². The van der Waals surface area contributed by atoms with Crippen LogP contribution in [0, 0.1) is 17.8 Å². The van der Waals surface area contributed by atoms with E-state index in [1.165, 1.54) is 18.5 Å². The molecule has 0 N–H and O–H groups in total. The van der Waals surface area contributed by atoms with Crippen LogP contribution in [0.15, 0.2) is 30.3 Å². The summed E-state index contributed by atoms with van der Waals surface area (Å²) in [6, 6.07) is 10.7. The largest absolute Gasteiger partial charge is 0.300 e. The molecular formula is C17H23NO. The maximum absolute atomic E-state index is 11.7. The number of piperidine rings is 1. The van der Waals surface area contributed by atoms with Crippen molar-refractivity contribution in [3.63, 3.8) is 0 Å². The number of fused-ring (bicyclic) bond motifs is 1. The number of hydrogen-bond acceptors (Lipinski definition) is 2. The summed E-state index contributed by atoms with van der Waals surface area (Å²) in [4.78, 5) is 14.3. The Kier molecular flexibility index (Phi) is 3.69. The number of nitrogens with zero attached hydrogens (tertiary/aromatic N) is 1. The van der Waals surface area contributed by atoms with Gasteiger partial charge < -0.3 is 0 Å². The second-order valence-electron chi connectivity index (χ2n) is 6.36. The summed E-state index contributed by atoms with van der Waals surface area (Å²) in [5.74, 6) is 2.45. The Morgan fingerprint density at radius 2 is 2.00 bits per heavy atom. The van der Waals surface area contributed by atoms with Gasteiger partial charge >= 0.3 is 0 Å². The molecule has 1 aromatic rings. The van der Waals surface area contributed by atoms with E-state index in [9.17, 15) is 4.79 Å². The van der Waals surface area contributed by atoms with Gasteiger partial charge in [0.15, 0.2) is 0 Å². The molecule has 2 aliphatic rings. The summed E-state index contributed by atoms with van der Waals surface area (Å²) in [5.41, 5.74) is 1.40. The lowest BCUT2D eigenvalue weighted by molar-refractivity contribution is -0.126. The number of likely N-dealkylation sites (tertiary alicyclic amines) is 1. The molecule has 1 aromatic carbocycles. The Morgan fingerprint density at radius 1 is 1.21 bits per heavy atom. The van der Waals surface area contributed by atoms with E-state index < -0.39 is 0 Å². The van der Waals surface area contributed by atoms with Gasteiger partial charge in [0.05, 0.1) is 0 Å². The van der Waals surface area contributed by atoms with Gasteiger partial charge in [-0.25, -0.2) is 0 Å². The standard InChI is InChI=1S/C17H23NO/c1-13-9-16(19)10-15-7-8-18(12-17(13)15)11-14-5-3-2-4-6-14/h2-6,13,15,17H,7-12H2,1H3/t13-,15+,17+/m1/s1. The van der Waals surface area contributed by atoms with E-state index in [0.717, 1.165) is 31.8 Å². The van der Waals surface area contributed by atoms with Crippen molar-refractivity contribution in [2.75, 3.05) is 13.1 Å². The first-order valence-electron chi connectivity index (χ1n) is 7.50. The molecule has 0 radical (unpaired) electrons. The molecule has 2 heteroatoms. The Bertz CT molecular complexity index is 442. The first-order valence-corrected chi connectivity index (χ1v) is 7.50. The van der Waals surface area contributed by atoms with Crippen molar-refractivity contribution in [2.45, 2.75) is 32.7 Å². The van der Waals surface area contributed by atoms with E-state index in [1.54, 1.807) is 0 Å². The van der Waals surface area contributed by atoms with Crippen LogP contribution in [0.2, 0.25) is 0 Å². The molecule has 19 heavy (non-hydrogen) atoms. The lowest BCUT2D eigenvalue weighted by atomic mass is 9.69. The lowest BCUT2D eigenvalue weighted by Crippen LogP contribution is -2.46. The van der Waals surface area contributed by atoms with Crippen molar-refractivity contribution in [3.05, 3.63) is 35.9 Å². The molecule has 0 bridgehead atoms. The average Bonchev–Trinajstić information content (AvgIpc) is 2.40. The molecule has 102 valence electrons. The Balaban J connectivity index is 1.64. The van der Waals surface area contributed by atoms with Crippen molar-refractivity contribution in [3.8, 4) is 0 Å². The van der Waals surface area contributed by atoms with Crippen molar-refractivity contribution < 1.29 is 4.79 Å². The first kappa shape index (κ1) is 12.9. The van der Waals surface area contributed by atoms with E-state index in [1.807, 2.05) is 0 Å². The smallest absolute Gasteiger partial charge is 0.133 e. The molecule has 1 aliphatic heterocycles. The lowest BCUT2D eigenvalue weighted by Gasteiger charge is -2.44. The number of benzene rings is 1. The molecule has 0 aromatic heterocycles.